The molecule has 2 aromatic heterocycles. The summed E-state index contributed by atoms with van der Waals surface area (Å²) in [4.78, 5) is 15.7. The van der Waals surface area contributed by atoms with Crippen molar-refractivity contribution in [3.63, 3.8) is 0 Å². The lowest BCUT2D eigenvalue weighted by Crippen LogP contribution is -2.34. The number of rotatable bonds is 9. The predicted octanol–water partition coefficient (Wildman–Crippen LogP) is 3.67. The third-order valence-corrected chi connectivity index (χ3v) is 12.0. The first-order valence-electron chi connectivity index (χ1n) is 14.3. The third kappa shape index (κ3) is 5.41. The van der Waals surface area contributed by atoms with Gasteiger partial charge in [0, 0.05) is 55.1 Å². The smallest absolute Gasteiger partial charge is 0.275 e. The molecule has 6 rings (SSSR count). The fourth-order valence-electron chi connectivity index (χ4n) is 5.57. The summed E-state index contributed by atoms with van der Waals surface area (Å²) in [5, 5.41) is 0.387. The van der Waals surface area contributed by atoms with Crippen LogP contribution in [0.25, 0.3) is 22.0 Å². The zero-order valence-corrected chi connectivity index (χ0v) is 26.4. The van der Waals surface area contributed by atoms with Crippen LogP contribution in [-0.2, 0) is 27.1 Å². The van der Waals surface area contributed by atoms with Gasteiger partial charge < -0.3 is 14.2 Å². The average molecular weight is 625 g/mol. The van der Waals surface area contributed by atoms with Crippen LogP contribution in [0, 0.1) is 12.8 Å². The van der Waals surface area contributed by atoms with Crippen LogP contribution in [0.3, 0.4) is 0 Å². The first-order chi connectivity index (χ1) is 20.4. The number of hydrogen-bond donors (Lipinski definition) is 0. The second-order valence-corrected chi connectivity index (χ2v) is 15.6. The molecule has 1 atom stereocenters. The van der Waals surface area contributed by atoms with Crippen molar-refractivity contribution in [3.8, 4) is 16.9 Å². The van der Waals surface area contributed by atoms with Gasteiger partial charge in [-0.15, -0.1) is 0 Å². The number of fused-ring (bicyclic) bond motifs is 1. The Kier molecular flexibility index (Phi) is 7.52. The Hall–Kier alpha value is -3.45. The van der Waals surface area contributed by atoms with Gasteiger partial charge in [-0.05, 0) is 82.6 Å². The summed E-state index contributed by atoms with van der Waals surface area (Å²) in [7, 11) is -2.46. The SMILES string of the molecule is Cc1ccc(S(=O)(=O)n2ccc3c(-c4cc(S(=O)(=O)N5CC[C@@H](N(C)C)C5)ccc4OCC4CC4)cn(C)c(=O)c32)cc1. The molecule has 12 heteroatoms. The van der Waals surface area contributed by atoms with Crippen molar-refractivity contribution in [2.24, 2.45) is 13.0 Å². The maximum atomic E-state index is 13.8. The highest BCUT2D eigenvalue weighted by atomic mass is 32.2. The van der Waals surface area contributed by atoms with Crippen molar-refractivity contribution >= 4 is 30.9 Å². The number of sulfonamides is 1. The molecule has 2 aromatic carbocycles. The summed E-state index contributed by atoms with van der Waals surface area (Å²) in [6.07, 6.45) is 5.89. The van der Waals surface area contributed by atoms with Gasteiger partial charge in [-0.1, -0.05) is 17.7 Å². The van der Waals surface area contributed by atoms with Crippen LogP contribution >= 0.6 is 0 Å². The van der Waals surface area contributed by atoms with Crippen LogP contribution in [0.1, 0.15) is 24.8 Å². The van der Waals surface area contributed by atoms with Crippen LogP contribution in [0.5, 0.6) is 5.75 Å². The first-order valence-corrected chi connectivity index (χ1v) is 17.2. The number of benzene rings is 2. The molecule has 0 unspecified atom stereocenters. The normalized spacial score (nSPS) is 18.1. The Bertz CT molecular complexity index is 1970. The highest BCUT2D eigenvalue weighted by Gasteiger charge is 2.34. The van der Waals surface area contributed by atoms with Crippen molar-refractivity contribution in [2.45, 2.75) is 42.0 Å². The molecule has 2 aliphatic rings. The van der Waals surface area contributed by atoms with Crippen molar-refractivity contribution in [2.75, 3.05) is 33.8 Å². The van der Waals surface area contributed by atoms with E-state index in [9.17, 15) is 21.6 Å². The minimum Gasteiger partial charge on any atom is -0.493 e. The molecule has 1 saturated heterocycles. The molecule has 0 amide bonds. The number of aromatic nitrogens is 2. The van der Waals surface area contributed by atoms with E-state index in [1.165, 1.54) is 27.2 Å². The fourth-order valence-corrected chi connectivity index (χ4v) is 8.43. The Labute approximate surface area is 252 Å². The quantitative estimate of drug-likeness (QED) is 0.280. The number of hydrogen-bond acceptors (Lipinski definition) is 7. The Morgan fingerprint density at radius 3 is 2.26 bits per heavy atom. The average Bonchev–Trinajstić information content (AvgIpc) is 3.45. The monoisotopic (exact) mass is 624 g/mol. The highest BCUT2D eigenvalue weighted by molar-refractivity contribution is 7.90. The zero-order chi connectivity index (χ0) is 30.7. The van der Waals surface area contributed by atoms with Crippen LogP contribution < -0.4 is 10.3 Å². The third-order valence-electron chi connectivity index (χ3n) is 8.47. The number of aryl methyl sites for hydroxylation is 2. The van der Waals surface area contributed by atoms with E-state index in [1.54, 1.807) is 49.6 Å². The van der Waals surface area contributed by atoms with Gasteiger partial charge in [0.25, 0.3) is 15.6 Å². The van der Waals surface area contributed by atoms with Gasteiger partial charge in [-0.25, -0.2) is 20.8 Å². The lowest BCUT2D eigenvalue weighted by atomic mass is 10.0. The lowest BCUT2D eigenvalue weighted by molar-refractivity contribution is 0.300. The van der Waals surface area contributed by atoms with E-state index in [0.717, 1.165) is 28.8 Å². The van der Waals surface area contributed by atoms with Gasteiger partial charge in [0.1, 0.15) is 11.3 Å². The molecule has 4 aromatic rings. The summed E-state index contributed by atoms with van der Waals surface area (Å²) >= 11 is 0. The maximum Gasteiger partial charge on any atom is 0.275 e. The molecule has 1 aliphatic heterocycles. The fraction of sp³-hybridized carbons (Fsp3) is 0.387. The number of pyridine rings is 1. The van der Waals surface area contributed by atoms with Crippen molar-refractivity contribution < 1.29 is 21.6 Å². The maximum absolute atomic E-state index is 13.8. The molecule has 2 fully saturated rings. The largest absolute Gasteiger partial charge is 0.493 e. The molecular weight excluding hydrogens is 588 g/mol. The predicted molar refractivity (Wildman–Crippen MR) is 165 cm³/mol. The molecule has 0 bridgehead atoms. The molecule has 1 saturated carbocycles. The molecule has 228 valence electrons. The summed E-state index contributed by atoms with van der Waals surface area (Å²) in [5.74, 6) is 0.928. The van der Waals surface area contributed by atoms with Crippen molar-refractivity contribution in [3.05, 3.63) is 76.8 Å². The van der Waals surface area contributed by atoms with E-state index in [-0.39, 0.29) is 21.3 Å². The topological polar surface area (TPSA) is 111 Å². The standard InChI is InChI=1S/C31H36N4O6S2/c1-21-5-9-24(10-6-21)43(39,40)35-16-14-26-28(19-33(4)31(36)30(26)35)27-17-25(11-12-29(27)41-20-22-7-8-22)42(37,38)34-15-13-23(18-34)32(2)3/h5-6,9-12,14,16-17,19,22-23H,7-8,13,15,18,20H2,1-4H3/t23-/m1/s1. The van der Waals surface area contributed by atoms with E-state index < -0.39 is 25.6 Å². The molecule has 43 heavy (non-hydrogen) atoms. The van der Waals surface area contributed by atoms with E-state index in [0.29, 0.717) is 47.9 Å². The summed E-state index contributed by atoms with van der Waals surface area (Å²) in [6.45, 7) is 3.18. The van der Waals surface area contributed by atoms with E-state index in [1.807, 2.05) is 25.9 Å². The van der Waals surface area contributed by atoms with E-state index >= 15 is 0 Å². The summed E-state index contributed by atoms with van der Waals surface area (Å²) in [6, 6.07) is 13.0. The number of nitrogens with zero attached hydrogens (tertiary/aromatic N) is 4. The Balaban J connectivity index is 1.51. The zero-order valence-electron chi connectivity index (χ0n) is 24.7. The summed E-state index contributed by atoms with van der Waals surface area (Å²) < 4.78 is 65.0. The molecular formula is C31H36N4O6S2. The van der Waals surface area contributed by atoms with Crippen LogP contribution in [-0.4, -0.2) is 74.4 Å². The second kappa shape index (κ2) is 10.9. The van der Waals surface area contributed by atoms with Gasteiger partial charge >= 0.3 is 0 Å². The van der Waals surface area contributed by atoms with E-state index in [4.69, 9.17) is 4.74 Å². The summed E-state index contributed by atoms with van der Waals surface area (Å²) in [5.41, 5.74) is 1.39. The van der Waals surface area contributed by atoms with Crippen LogP contribution in [0.2, 0.25) is 0 Å². The van der Waals surface area contributed by atoms with Crippen molar-refractivity contribution in [1.29, 1.82) is 0 Å². The molecule has 0 N–H and O–H groups in total. The molecule has 0 radical (unpaired) electrons. The van der Waals surface area contributed by atoms with E-state index in [2.05, 4.69) is 0 Å². The van der Waals surface area contributed by atoms with Gasteiger partial charge in [0.05, 0.1) is 16.4 Å². The lowest BCUT2D eigenvalue weighted by Gasteiger charge is -2.21. The van der Waals surface area contributed by atoms with Crippen molar-refractivity contribution in [1.82, 2.24) is 17.7 Å². The van der Waals surface area contributed by atoms with Gasteiger partial charge in [0.2, 0.25) is 10.0 Å². The first kappa shape index (κ1) is 29.6. The van der Waals surface area contributed by atoms with Gasteiger partial charge in [-0.3, -0.25) is 4.79 Å². The Morgan fingerprint density at radius 1 is 0.907 bits per heavy atom. The minimum atomic E-state index is -4.09. The molecule has 10 nitrogen and oxygen atoms in total. The number of ether oxygens (including phenoxy) is 1. The van der Waals surface area contributed by atoms with Crippen LogP contribution in [0.4, 0.5) is 0 Å². The molecule has 1 aliphatic carbocycles. The van der Waals surface area contributed by atoms with Gasteiger partial charge in [-0.2, -0.15) is 4.31 Å². The van der Waals surface area contributed by atoms with Gasteiger partial charge in [0.15, 0.2) is 0 Å². The minimum absolute atomic E-state index is 0.0182. The van der Waals surface area contributed by atoms with Crippen LogP contribution in [0.15, 0.2) is 75.5 Å². The molecule has 0 spiro atoms. The highest BCUT2D eigenvalue weighted by Crippen LogP contribution is 2.39. The number of likely N-dealkylation sites (N-methyl/N-ethyl adjacent to an activating group) is 1. The Morgan fingerprint density at radius 2 is 1.60 bits per heavy atom. The second-order valence-electron chi connectivity index (χ2n) is 11.8. The molecule has 3 heterocycles.